The van der Waals surface area contributed by atoms with Gasteiger partial charge in [0.15, 0.2) is 11.6 Å². The number of aryl methyl sites for hydroxylation is 1. The van der Waals surface area contributed by atoms with E-state index < -0.39 is 0 Å². The second-order valence-corrected chi connectivity index (χ2v) is 7.34. The monoisotopic (exact) mass is 430 g/mol. The van der Waals surface area contributed by atoms with Gasteiger partial charge in [-0.3, -0.25) is 4.79 Å². The topological polar surface area (TPSA) is 109 Å². The summed E-state index contributed by atoms with van der Waals surface area (Å²) in [7, 11) is 0. The van der Waals surface area contributed by atoms with Crippen molar-refractivity contribution in [2.24, 2.45) is 0 Å². The minimum absolute atomic E-state index is 0.199. The number of hydrogen-bond acceptors (Lipinski definition) is 6. The number of rotatable bonds is 12. The van der Waals surface area contributed by atoms with Crippen LogP contribution in [0.1, 0.15) is 55.3 Å². The maximum absolute atomic E-state index is 12.4. The third kappa shape index (κ3) is 6.32. The number of aromatic nitrogens is 4. The highest BCUT2D eigenvalue weighted by Crippen LogP contribution is 2.17. The molecule has 160 valence electrons. The van der Waals surface area contributed by atoms with Gasteiger partial charge in [-0.05, 0) is 43.0 Å². The molecule has 0 unspecified atom stereocenters. The molecule has 0 radical (unpaired) electrons. The molecule has 0 spiro atoms. The zero-order valence-corrected chi connectivity index (χ0v) is 17.8. The summed E-state index contributed by atoms with van der Waals surface area (Å²) in [5, 5.41) is 10.3. The number of aromatic amines is 1. The van der Waals surface area contributed by atoms with Crippen molar-refractivity contribution < 1.29 is 9.32 Å². The molecule has 1 amide bonds. The number of benzene rings is 1. The fourth-order valence-corrected chi connectivity index (χ4v) is 3.15. The Hall–Kier alpha value is -2.87. The van der Waals surface area contributed by atoms with Gasteiger partial charge in [0.25, 0.3) is 11.8 Å². The Morgan fingerprint density at radius 2 is 1.90 bits per heavy atom. The molecule has 0 saturated heterocycles. The minimum Gasteiger partial charge on any atom is -0.368 e. The van der Waals surface area contributed by atoms with Crippen LogP contribution in [0.5, 0.6) is 0 Å². The highest BCUT2D eigenvalue weighted by Gasteiger charge is 2.16. The van der Waals surface area contributed by atoms with Gasteiger partial charge in [-0.1, -0.05) is 43.1 Å². The second kappa shape index (κ2) is 11.3. The molecule has 0 aliphatic carbocycles. The predicted octanol–water partition coefficient (Wildman–Crippen LogP) is 4.47. The van der Waals surface area contributed by atoms with Gasteiger partial charge >= 0.3 is 0 Å². The normalized spacial score (nSPS) is 10.9. The highest BCUT2D eigenvalue weighted by atomic mass is 35.5. The van der Waals surface area contributed by atoms with E-state index in [9.17, 15) is 4.79 Å². The zero-order chi connectivity index (χ0) is 21.2. The van der Waals surface area contributed by atoms with Crippen LogP contribution in [0.2, 0.25) is 5.28 Å². The molecule has 0 aliphatic heterocycles. The molecule has 0 saturated carbocycles. The van der Waals surface area contributed by atoms with Gasteiger partial charge in [0.05, 0.1) is 0 Å². The summed E-state index contributed by atoms with van der Waals surface area (Å²) >= 11 is 5.94. The molecule has 0 aliphatic rings. The van der Waals surface area contributed by atoms with E-state index in [1.165, 1.54) is 0 Å². The zero-order valence-electron chi connectivity index (χ0n) is 17.1. The number of anilines is 1. The first-order valence-electron chi connectivity index (χ1n) is 10.3. The Morgan fingerprint density at radius 3 is 2.70 bits per heavy atom. The molecule has 9 heteroatoms. The summed E-state index contributed by atoms with van der Waals surface area (Å²) in [6.07, 6.45) is 5.59. The first kappa shape index (κ1) is 21.8. The van der Waals surface area contributed by atoms with Crippen molar-refractivity contribution in [3.63, 3.8) is 0 Å². The number of unbranched alkanes of at least 4 members (excludes halogenated alkanes) is 3. The van der Waals surface area contributed by atoms with Crippen LogP contribution in [0.3, 0.4) is 0 Å². The fraction of sp³-hybridized carbons (Fsp3) is 0.429. The van der Waals surface area contributed by atoms with Crippen molar-refractivity contribution in [1.29, 1.82) is 0 Å². The molecule has 2 heterocycles. The standard InChI is InChI=1S/C21H27ClN6O2/c1-2-3-8-13-23-18-17(26-21(22)27-18)19(29)24-14-9-7-12-16-25-20(30-28-16)15-10-5-4-6-11-15/h4-6,10-11,23H,2-3,7-9,12-14H2,1H3,(H,24,29)(H,26,27). The van der Waals surface area contributed by atoms with E-state index in [1.807, 2.05) is 30.3 Å². The summed E-state index contributed by atoms with van der Waals surface area (Å²) in [6, 6.07) is 9.67. The summed E-state index contributed by atoms with van der Waals surface area (Å²) in [6.45, 7) is 3.43. The lowest BCUT2D eigenvalue weighted by Crippen LogP contribution is -2.26. The third-order valence-electron chi connectivity index (χ3n) is 4.58. The van der Waals surface area contributed by atoms with Crippen molar-refractivity contribution in [3.05, 3.63) is 47.1 Å². The van der Waals surface area contributed by atoms with E-state index in [0.717, 1.165) is 44.2 Å². The average Bonchev–Trinajstić information content (AvgIpc) is 3.38. The number of H-pyrrole nitrogens is 1. The lowest BCUT2D eigenvalue weighted by molar-refractivity contribution is 0.0949. The van der Waals surface area contributed by atoms with Gasteiger partial charge in [-0.25, -0.2) is 4.98 Å². The van der Waals surface area contributed by atoms with Gasteiger partial charge in [0.2, 0.25) is 5.28 Å². The lowest BCUT2D eigenvalue weighted by Gasteiger charge is -2.07. The second-order valence-electron chi connectivity index (χ2n) is 6.98. The van der Waals surface area contributed by atoms with Gasteiger partial charge in [-0.2, -0.15) is 4.98 Å². The van der Waals surface area contributed by atoms with Crippen molar-refractivity contribution >= 4 is 23.3 Å². The number of imidazole rings is 1. The predicted molar refractivity (Wildman–Crippen MR) is 117 cm³/mol. The molecule has 3 aromatic rings. The Morgan fingerprint density at radius 1 is 1.10 bits per heavy atom. The van der Waals surface area contributed by atoms with Crippen molar-refractivity contribution in [2.45, 2.75) is 45.4 Å². The van der Waals surface area contributed by atoms with Crippen LogP contribution < -0.4 is 10.6 Å². The van der Waals surface area contributed by atoms with Crippen molar-refractivity contribution in [2.75, 3.05) is 18.4 Å². The van der Waals surface area contributed by atoms with E-state index in [4.69, 9.17) is 16.1 Å². The van der Waals surface area contributed by atoms with E-state index in [0.29, 0.717) is 36.2 Å². The fourth-order valence-electron chi connectivity index (χ4n) is 2.97. The minimum atomic E-state index is -0.224. The van der Waals surface area contributed by atoms with Crippen LogP contribution in [0, 0.1) is 0 Å². The summed E-state index contributed by atoms with van der Waals surface area (Å²) in [4.78, 5) is 23.8. The number of carbonyl (C=O) groups excluding carboxylic acids is 1. The molecular weight excluding hydrogens is 404 g/mol. The molecule has 1 aromatic carbocycles. The van der Waals surface area contributed by atoms with Gasteiger partial charge in [0, 0.05) is 25.1 Å². The SMILES string of the molecule is CCCCCNc1nc(Cl)[nH]c1C(=O)NCCCCc1noc(-c2ccccc2)n1. The van der Waals surface area contributed by atoms with Crippen molar-refractivity contribution in [3.8, 4) is 11.5 Å². The van der Waals surface area contributed by atoms with Gasteiger partial charge in [0.1, 0.15) is 5.69 Å². The Kier molecular flexibility index (Phi) is 8.26. The molecule has 30 heavy (non-hydrogen) atoms. The number of halogens is 1. The van der Waals surface area contributed by atoms with Crippen molar-refractivity contribution in [1.82, 2.24) is 25.4 Å². The van der Waals surface area contributed by atoms with Gasteiger partial charge in [-0.15, -0.1) is 0 Å². The van der Waals surface area contributed by atoms with E-state index in [1.54, 1.807) is 0 Å². The maximum Gasteiger partial charge on any atom is 0.271 e. The summed E-state index contributed by atoms with van der Waals surface area (Å²) in [5.41, 5.74) is 1.27. The number of hydrogen-bond donors (Lipinski definition) is 3. The number of nitrogens with zero attached hydrogens (tertiary/aromatic N) is 3. The molecule has 0 fully saturated rings. The van der Waals surface area contributed by atoms with Crippen LogP contribution in [0.15, 0.2) is 34.9 Å². The van der Waals surface area contributed by atoms with Gasteiger partial charge < -0.3 is 20.1 Å². The Labute approximate surface area is 180 Å². The molecule has 0 bridgehead atoms. The molecule has 2 aromatic heterocycles. The molecule has 0 atom stereocenters. The smallest absolute Gasteiger partial charge is 0.271 e. The quantitative estimate of drug-likeness (QED) is 0.366. The number of nitrogens with one attached hydrogen (secondary N) is 3. The highest BCUT2D eigenvalue weighted by molar-refractivity contribution is 6.28. The van der Waals surface area contributed by atoms with E-state index in [-0.39, 0.29) is 11.2 Å². The Bertz CT molecular complexity index is 925. The molecular formula is C21H27ClN6O2. The van der Waals surface area contributed by atoms with E-state index in [2.05, 4.69) is 37.7 Å². The first-order valence-corrected chi connectivity index (χ1v) is 10.7. The lowest BCUT2D eigenvalue weighted by atomic mass is 10.2. The summed E-state index contributed by atoms with van der Waals surface area (Å²) < 4.78 is 5.31. The van der Waals surface area contributed by atoms with Crippen LogP contribution in [0.4, 0.5) is 5.82 Å². The van der Waals surface area contributed by atoms with E-state index >= 15 is 0 Å². The molecule has 3 N–H and O–H groups in total. The average molecular weight is 431 g/mol. The first-order chi connectivity index (χ1) is 14.7. The molecule has 3 rings (SSSR count). The van der Waals surface area contributed by atoms with Crippen LogP contribution in [0.25, 0.3) is 11.5 Å². The largest absolute Gasteiger partial charge is 0.368 e. The number of carbonyl (C=O) groups is 1. The summed E-state index contributed by atoms with van der Waals surface area (Å²) in [5.74, 6) is 1.46. The van der Waals surface area contributed by atoms with Crippen LogP contribution in [-0.4, -0.2) is 39.1 Å². The van der Waals surface area contributed by atoms with Crippen LogP contribution >= 0.6 is 11.6 Å². The number of amides is 1. The Balaban J connectivity index is 1.40. The molecule has 8 nitrogen and oxygen atoms in total. The maximum atomic E-state index is 12.4. The van der Waals surface area contributed by atoms with Crippen LogP contribution in [-0.2, 0) is 6.42 Å². The third-order valence-corrected chi connectivity index (χ3v) is 4.76.